The van der Waals surface area contributed by atoms with E-state index in [0.29, 0.717) is 0 Å². The third kappa shape index (κ3) is 18.7. The molecule has 138 valence electrons. The number of carboxylic acids is 1. The molecule has 0 heterocycles. The van der Waals surface area contributed by atoms with Gasteiger partial charge in [0, 0.05) is 6.08 Å². The smallest absolute Gasteiger partial charge is 0.328 e. The molecule has 0 bridgehead atoms. The van der Waals surface area contributed by atoms with E-state index >= 15 is 0 Å². The average molecular weight is 337 g/mol. The number of carboxylic acid groups (broad SMARTS) is 1. The third-order valence-corrected chi connectivity index (χ3v) is 4.01. The molecule has 0 aliphatic carbocycles. The van der Waals surface area contributed by atoms with Crippen LogP contribution in [0.2, 0.25) is 0 Å². The first kappa shape index (κ1) is 22.6. The number of aliphatic hydroxyl groups is 1. The first-order valence-electron chi connectivity index (χ1n) is 9.57. The third-order valence-electron chi connectivity index (χ3n) is 4.01. The van der Waals surface area contributed by atoms with Crippen LogP contribution in [0, 0.1) is 0 Å². The Kier molecular flexibility index (Phi) is 17.0. The summed E-state index contributed by atoms with van der Waals surface area (Å²) in [7, 11) is 0. The molecule has 0 aromatic carbocycles. The topological polar surface area (TPSA) is 57.5 Å². The summed E-state index contributed by atoms with van der Waals surface area (Å²) in [4.78, 5) is 10.2. The molecule has 0 fully saturated rings. The summed E-state index contributed by atoms with van der Waals surface area (Å²) in [6.45, 7) is 2.19. The van der Waals surface area contributed by atoms with Crippen molar-refractivity contribution in [1.82, 2.24) is 0 Å². The molecule has 1 unspecified atom stereocenters. The van der Waals surface area contributed by atoms with Crippen LogP contribution in [0.5, 0.6) is 0 Å². The Bertz CT molecular complexity index is 369. The summed E-state index contributed by atoms with van der Waals surface area (Å²) in [5.74, 6) is -0.922. The van der Waals surface area contributed by atoms with Crippen molar-refractivity contribution in [2.24, 2.45) is 0 Å². The van der Waals surface area contributed by atoms with Crippen molar-refractivity contribution in [3.05, 3.63) is 36.5 Å². The number of carbonyl (C=O) groups is 1. The fraction of sp³-hybridized carbons (Fsp3) is 0.667. The quantitative estimate of drug-likeness (QED) is 0.213. The first-order chi connectivity index (χ1) is 11.7. The van der Waals surface area contributed by atoms with Crippen molar-refractivity contribution in [2.45, 2.75) is 90.1 Å². The van der Waals surface area contributed by atoms with Crippen LogP contribution in [0.4, 0.5) is 0 Å². The van der Waals surface area contributed by atoms with Gasteiger partial charge in [-0.05, 0) is 25.7 Å². The number of aliphatic hydroxyl groups excluding tert-OH is 1. The van der Waals surface area contributed by atoms with Crippen molar-refractivity contribution < 1.29 is 15.0 Å². The molecular formula is C21H36O3. The van der Waals surface area contributed by atoms with Crippen molar-refractivity contribution in [3.8, 4) is 0 Å². The Morgan fingerprint density at radius 1 is 0.833 bits per heavy atom. The standard InChI is InChI=1S/C21H36O3/c1-2-3-14-17-20(22)18-15-12-10-8-6-4-5-7-9-11-13-16-19-21(23)24/h7,9,11,13,16,19-20,22H,2-6,8,10,12,14-15,17-18H2,1H3,(H,23,24). The highest BCUT2D eigenvalue weighted by molar-refractivity contribution is 5.80. The van der Waals surface area contributed by atoms with Crippen LogP contribution < -0.4 is 0 Å². The molecule has 1 atom stereocenters. The predicted molar refractivity (Wildman–Crippen MR) is 102 cm³/mol. The van der Waals surface area contributed by atoms with Gasteiger partial charge in [-0.15, -0.1) is 0 Å². The van der Waals surface area contributed by atoms with Crippen LogP contribution in [0.15, 0.2) is 36.5 Å². The number of aliphatic carboxylic acids is 1. The largest absolute Gasteiger partial charge is 0.478 e. The lowest BCUT2D eigenvalue weighted by atomic mass is 10.0. The number of hydrogen-bond acceptors (Lipinski definition) is 2. The van der Waals surface area contributed by atoms with Gasteiger partial charge in [0.15, 0.2) is 0 Å². The van der Waals surface area contributed by atoms with E-state index in [4.69, 9.17) is 5.11 Å². The molecule has 0 saturated carbocycles. The minimum absolute atomic E-state index is 0.0833. The Balaban J connectivity index is 3.32. The van der Waals surface area contributed by atoms with Gasteiger partial charge in [-0.1, -0.05) is 88.7 Å². The number of unbranched alkanes of at least 4 members (excludes halogenated alkanes) is 8. The zero-order valence-electron chi connectivity index (χ0n) is 15.3. The van der Waals surface area contributed by atoms with Crippen molar-refractivity contribution in [1.29, 1.82) is 0 Å². The van der Waals surface area contributed by atoms with Crippen molar-refractivity contribution in [2.75, 3.05) is 0 Å². The lowest BCUT2D eigenvalue weighted by Gasteiger charge is -2.09. The van der Waals surface area contributed by atoms with E-state index in [1.807, 2.05) is 12.2 Å². The lowest BCUT2D eigenvalue weighted by Crippen LogP contribution is -2.05. The van der Waals surface area contributed by atoms with Gasteiger partial charge in [0.1, 0.15) is 0 Å². The molecule has 0 radical (unpaired) electrons. The highest BCUT2D eigenvalue weighted by atomic mass is 16.4. The van der Waals surface area contributed by atoms with Crippen LogP contribution in [-0.2, 0) is 4.79 Å². The normalized spacial score (nSPS) is 13.4. The fourth-order valence-electron chi connectivity index (χ4n) is 2.56. The summed E-state index contributed by atoms with van der Waals surface area (Å²) in [5, 5.41) is 18.2. The van der Waals surface area contributed by atoms with Gasteiger partial charge in [-0.2, -0.15) is 0 Å². The van der Waals surface area contributed by atoms with Gasteiger partial charge in [-0.25, -0.2) is 4.79 Å². The van der Waals surface area contributed by atoms with Gasteiger partial charge < -0.3 is 10.2 Å². The number of hydrogen-bond donors (Lipinski definition) is 2. The van der Waals surface area contributed by atoms with E-state index in [1.165, 1.54) is 51.0 Å². The maximum Gasteiger partial charge on any atom is 0.328 e. The maximum absolute atomic E-state index is 10.2. The van der Waals surface area contributed by atoms with E-state index in [0.717, 1.165) is 38.2 Å². The van der Waals surface area contributed by atoms with Crippen LogP contribution >= 0.6 is 0 Å². The monoisotopic (exact) mass is 336 g/mol. The summed E-state index contributed by atoms with van der Waals surface area (Å²) >= 11 is 0. The molecule has 0 spiro atoms. The molecule has 0 saturated heterocycles. The molecule has 0 aromatic rings. The van der Waals surface area contributed by atoms with Gasteiger partial charge in [0.05, 0.1) is 6.10 Å². The molecule has 0 rings (SSSR count). The van der Waals surface area contributed by atoms with E-state index in [2.05, 4.69) is 13.0 Å². The van der Waals surface area contributed by atoms with E-state index in [1.54, 1.807) is 6.08 Å². The van der Waals surface area contributed by atoms with E-state index in [9.17, 15) is 9.90 Å². The zero-order valence-corrected chi connectivity index (χ0v) is 15.3. The molecule has 3 heteroatoms. The molecule has 2 N–H and O–H groups in total. The summed E-state index contributed by atoms with van der Waals surface area (Å²) in [6.07, 6.45) is 24.2. The summed E-state index contributed by atoms with van der Waals surface area (Å²) < 4.78 is 0. The maximum atomic E-state index is 10.2. The van der Waals surface area contributed by atoms with Gasteiger partial charge in [0.25, 0.3) is 0 Å². The van der Waals surface area contributed by atoms with E-state index < -0.39 is 5.97 Å². The minimum Gasteiger partial charge on any atom is -0.478 e. The molecule has 0 aliphatic heterocycles. The SMILES string of the molecule is CCCCCC(O)CCCCCCCCC=CC=CC=CC(=O)O. The van der Waals surface area contributed by atoms with Gasteiger partial charge in [0.2, 0.25) is 0 Å². The van der Waals surface area contributed by atoms with Crippen molar-refractivity contribution >= 4 is 5.97 Å². The second kappa shape index (κ2) is 18.0. The average Bonchev–Trinajstić information content (AvgIpc) is 2.55. The summed E-state index contributed by atoms with van der Waals surface area (Å²) in [6, 6.07) is 0. The number of rotatable bonds is 16. The van der Waals surface area contributed by atoms with E-state index in [-0.39, 0.29) is 6.10 Å². The molecule has 3 nitrogen and oxygen atoms in total. The zero-order chi connectivity index (χ0) is 17.9. The number of allylic oxidation sites excluding steroid dienone is 5. The Labute approximate surface area is 148 Å². The van der Waals surface area contributed by atoms with Crippen molar-refractivity contribution in [3.63, 3.8) is 0 Å². The predicted octanol–water partition coefficient (Wildman–Crippen LogP) is 5.80. The van der Waals surface area contributed by atoms with Gasteiger partial charge >= 0.3 is 5.97 Å². The molecular weight excluding hydrogens is 300 g/mol. The van der Waals surface area contributed by atoms with Crippen LogP contribution in [0.3, 0.4) is 0 Å². The van der Waals surface area contributed by atoms with Crippen LogP contribution in [0.25, 0.3) is 0 Å². The Morgan fingerprint density at radius 3 is 2.08 bits per heavy atom. The van der Waals surface area contributed by atoms with Gasteiger partial charge in [-0.3, -0.25) is 0 Å². The lowest BCUT2D eigenvalue weighted by molar-refractivity contribution is -0.131. The molecule has 24 heavy (non-hydrogen) atoms. The summed E-state index contributed by atoms with van der Waals surface area (Å²) in [5.41, 5.74) is 0. The Morgan fingerprint density at radius 2 is 1.42 bits per heavy atom. The minimum atomic E-state index is -0.922. The highest BCUT2D eigenvalue weighted by Crippen LogP contribution is 2.13. The molecule has 0 aliphatic rings. The Hall–Kier alpha value is -1.35. The van der Waals surface area contributed by atoms with Crippen LogP contribution in [-0.4, -0.2) is 22.3 Å². The first-order valence-corrected chi connectivity index (χ1v) is 9.57. The second-order valence-corrected chi connectivity index (χ2v) is 6.36. The molecule has 0 aromatic heterocycles. The highest BCUT2D eigenvalue weighted by Gasteiger charge is 2.02. The fourth-order valence-corrected chi connectivity index (χ4v) is 2.56. The second-order valence-electron chi connectivity index (χ2n) is 6.36. The molecule has 0 amide bonds. The van der Waals surface area contributed by atoms with Crippen LogP contribution in [0.1, 0.15) is 84.0 Å².